The lowest BCUT2D eigenvalue weighted by molar-refractivity contribution is -0.121. The first-order valence-corrected chi connectivity index (χ1v) is 11.1. The molecule has 1 unspecified atom stereocenters. The number of imidazole rings is 1. The molecule has 1 N–H and O–H groups in total. The van der Waals surface area contributed by atoms with Gasteiger partial charge in [-0.2, -0.15) is 0 Å². The van der Waals surface area contributed by atoms with Crippen LogP contribution >= 0.6 is 23.2 Å². The van der Waals surface area contributed by atoms with Crippen LogP contribution < -0.4 is 5.32 Å². The number of hydrogen-bond acceptors (Lipinski definition) is 2. The van der Waals surface area contributed by atoms with E-state index in [9.17, 15) is 9.18 Å². The monoisotopic (exact) mass is 469 g/mol. The van der Waals surface area contributed by atoms with Crippen LogP contribution in [0.3, 0.4) is 0 Å². The molecule has 4 nitrogen and oxygen atoms in total. The van der Waals surface area contributed by atoms with E-state index in [1.165, 1.54) is 12.1 Å². The van der Waals surface area contributed by atoms with Crippen LogP contribution in [0.25, 0.3) is 5.65 Å². The van der Waals surface area contributed by atoms with Crippen molar-refractivity contribution in [3.63, 3.8) is 0 Å². The van der Waals surface area contributed by atoms with Gasteiger partial charge in [-0.05, 0) is 66.4 Å². The van der Waals surface area contributed by atoms with Crippen molar-refractivity contribution in [3.8, 4) is 0 Å². The van der Waals surface area contributed by atoms with Gasteiger partial charge in [0.1, 0.15) is 11.5 Å². The second-order valence-corrected chi connectivity index (χ2v) is 8.61. The molecular formula is C25H22Cl2FN3O. The maximum absolute atomic E-state index is 14.0. The molecule has 0 radical (unpaired) electrons. The number of carbonyl (C=O) groups is 1. The molecule has 4 rings (SSSR count). The molecule has 1 amide bonds. The number of aromatic nitrogens is 2. The third-order valence-corrected chi connectivity index (χ3v) is 6.01. The summed E-state index contributed by atoms with van der Waals surface area (Å²) in [5, 5.41) is 4.10. The molecule has 32 heavy (non-hydrogen) atoms. The first-order chi connectivity index (χ1) is 15.4. The first kappa shape index (κ1) is 22.3. The Morgan fingerprint density at radius 1 is 1.16 bits per heavy atom. The number of carbonyl (C=O) groups excluding carboxylic acids is 1. The van der Waals surface area contributed by atoms with Gasteiger partial charge < -0.3 is 9.72 Å². The van der Waals surface area contributed by atoms with E-state index in [1.807, 2.05) is 41.8 Å². The normalized spacial score (nSPS) is 12.1. The SMILES string of the molecule is Cc1ccn2c(C(CC(=O)NCCc3ccc(Cl)cc3Cl)c3cccc(F)c3)cnc2c1. The number of fused-ring (bicyclic) bond motifs is 1. The fourth-order valence-corrected chi connectivity index (χ4v) is 4.30. The van der Waals surface area contributed by atoms with Crippen molar-refractivity contribution >= 4 is 34.8 Å². The maximum Gasteiger partial charge on any atom is 0.221 e. The Kier molecular flexibility index (Phi) is 6.77. The second-order valence-electron chi connectivity index (χ2n) is 7.76. The van der Waals surface area contributed by atoms with Crippen LogP contribution in [0.2, 0.25) is 10.0 Å². The summed E-state index contributed by atoms with van der Waals surface area (Å²) in [6, 6.07) is 15.6. The molecule has 2 aromatic carbocycles. The van der Waals surface area contributed by atoms with Crippen molar-refractivity contribution in [2.24, 2.45) is 0 Å². The zero-order valence-corrected chi connectivity index (χ0v) is 19.0. The molecule has 164 valence electrons. The Balaban J connectivity index is 1.53. The van der Waals surface area contributed by atoms with Gasteiger partial charge in [-0.1, -0.05) is 41.4 Å². The number of aryl methyl sites for hydroxylation is 1. The molecule has 0 aliphatic carbocycles. The minimum atomic E-state index is -0.345. The Morgan fingerprint density at radius 2 is 2.00 bits per heavy atom. The molecule has 0 aliphatic heterocycles. The summed E-state index contributed by atoms with van der Waals surface area (Å²) in [5.74, 6) is -0.816. The Labute approximate surface area is 196 Å². The molecule has 2 heterocycles. The molecule has 0 fully saturated rings. The topological polar surface area (TPSA) is 46.4 Å². The summed E-state index contributed by atoms with van der Waals surface area (Å²) in [6.07, 6.45) is 4.44. The van der Waals surface area contributed by atoms with Crippen LogP contribution in [-0.2, 0) is 11.2 Å². The maximum atomic E-state index is 14.0. The van der Waals surface area contributed by atoms with Crippen molar-refractivity contribution < 1.29 is 9.18 Å². The highest BCUT2D eigenvalue weighted by atomic mass is 35.5. The lowest BCUT2D eigenvalue weighted by Gasteiger charge is -2.18. The van der Waals surface area contributed by atoms with Crippen LogP contribution in [0.15, 0.2) is 67.0 Å². The van der Waals surface area contributed by atoms with Gasteiger partial charge in [-0.15, -0.1) is 0 Å². The van der Waals surface area contributed by atoms with E-state index >= 15 is 0 Å². The van der Waals surface area contributed by atoms with Gasteiger partial charge in [0.25, 0.3) is 0 Å². The second kappa shape index (κ2) is 9.72. The average molecular weight is 470 g/mol. The van der Waals surface area contributed by atoms with Crippen LogP contribution in [0.4, 0.5) is 4.39 Å². The zero-order valence-electron chi connectivity index (χ0n) is 17.5. The lowest BCUT2D eigenvalue weighted by Crippen LogP contribution is -2.27. The highest BCUT2D eigenvalue weighted by Gasteiger charge is 2.22. The number of rotatable bonds is 7. The van der Waals surface area contributed by atoms with Gasteiger partial charge in [0.2, 0.25) is 5.91 Å². The summed E-state index contributed by atoms with van der Waals surface area (Å²) in [4.78, 5) is 17.3. The zero-order chi connectivity index (χ0) is 22.7. The van der Waals surface area contributed by atoms with Gasteiger partial charge in [0.05, 0.1) is 5.69 Å². The summed E-state index contributed by atoms with van der Waals surface area (Å²) in [7, 11) is 0. The van der Waals surface area contributed by atoms with Crippen molar-refractivity contribution in [1.82, 2.24) is 14.7 Å². The van der Waals surface area contributed by atoms with Gasteiger partial charge in [-0.25, -0.2) is 9.37 Å². The van der Waals surface area contributed by atoms with E-state index in [1.54, 1.807) is 24.4 Å². The Bertz CT molecular complexity index is 1270. The minimum Gasteiger partial charge on any atom is -0.356 e. The standard InChI is InChI=1S/C25H22Cl2FN3O/c1-16-8-10-31-23(15-30-24(31)11-16)21(18-3-2-4-20(28)12-18)14-25(32)29-9-7-17-5-6-19(26)13-22(17)27/h2-6,8,10-13,15,21H,7,9,14H2,1H3,(H,29,32). The third-order valence-electron chi connectivity index (χ3n) is 5.43. The number of amides is 1. The summed E-state index contributed by atoms with van der Waals surface area (Å²) in [5.41, 5.74) is 4.36. The summed E-state index contributed by atoms with van der Waals surface area (Å²) < 4.78 is 15.9. The molecule has 0 aliphatic rings. The minimum absolute atomic E-state index is 0.133. The smallest absolute Gasteiger partial charge is 0.221 e. The molecular weight excluding hydrogens is 448 g/mol. The van der Waals surface area contributed by atoms with Crippen LogP contribution in [0, 0.1) is 12.7 Å². The number of nitrogens with zero attached hydrogens (tertiary/aromatic N) is 2. The predicted octanol–water partition coefficient (Wildman–Crippen LogP) is 5.97. The van der Waals surface area contributed by atoms with E-state index in [0.29, 0.717) is 23.0 Å². The molecule has 2 aromatic heterocycles. The number of nitrogens with one attached hydrogen (secondary N) is 1. The van der Waals surface area contributed by atoms with Gasteiger partial charge >= 0.3 is 0 Å². The first-order valence-electron chi connectivity index (χ1n) is 10.3. The quantitative estimate of drug-likeness (QED) is 0.362. The molecule has 4 aromatic rings. The largest absolute Gasteiger partial charge is 0.356 e. The highest BCUT2D eigenvalue weighted by Crippen LogP contribution is 2.29. The van der Waals surface area contributed by atoms with Gasteiger partial charge in [0, 0.05) is 41.3 Å². The van der Waals surface area contributed by atoms with E-state index in [-0.39, 0.29) is 24.1 Å². The Morgan fingerprint density at radius 3 is 2.78 bits per heavy atom. The van der Waals surface area contributed by atoms with Gasteiger partial charge in [0.15, 0.2) is 0 Å². The van der Waals surface area contributed by atoms with Crippen LogP contribution in [-0.4, -0.2) is 21.8 Å². The number of hydrogen-bond donors (Lipinski definition) is 1. The van der Waals surface area contributed by atoms with E-state index in [2.05, 4.69) is 10.3 Å². The molecule has 0 bridgehead atoms. The van der Waals surface area contributed by atoms with Crippen molar-refractivity contribution in [3.05, 3.63) is 105 Å². The number of pyridine rings is 1. The fraction of sp³-hybridized carbons (Fsp3) is 0.200. The van der Waals surface area contributed by atoms with Crippen LogP contribution in [0.5, 0.6) is 0 Å². The average Bonchev–Trinajstić information content (AvgIpc) is 3.16. The fourth-order valence-electron chi connectivity index (χ4n) is 3.80. The van der Waals surface area contributed by atoms with E-state index < -0.39 is 0 Å². The molecule has 0 saturated heterocycles. The molecule has 7 heteroatoms. The Hall–Kier alpha value is -2.89. The number of benzene rings is 2. The van der Waals surface area contributed by atoms with Crippen molar-refractivity contribution in [2.75, 3.05) is 6.54 Å². The van der Waals surface area contributed by atoms with Gasteiger partial charge in [-0.3, -0.25) is 4.79 Å². The summed E-state index contributed by atoms with van der Waals surface area (Å²) in [6.45, 7) is 2.43. The van der Waals surface area contributed by atoms with E-state index in [4.69, 9.17) is 23.2 Å². The van der Waals surface area contributed by atoms with Crippen LogP contribution in [0.1, 0.15) is 34.7 Å². The summed E-state index contributed by atoms with van der Waals surface area (Å²) >= 11 is 12.2. The molecule has 0 spiro atoms. The third kappa shape index (κ3) is 5.12. The predicted molar refractivity (Wildman–Crippen MR) is 126 cm³/mol. The van der Waals surface area contributed by atoms with Crippen molar-refractivity contribution in [2.45, 2.75) is 25.7 Å². The molecule has 0 saturated carbocycles. The highest BCUT2D eigenvalue weighted by molar-refractivity contribution is 6.35. The number of halogens is 3. The lowest BCUT2D eigenvalue weighted by atomic mass is 9.92. The van der Waals surface area contributed by atoms with Crippen molar-refractivity contribution in [1.29, 1.82) is 0 Å². The van der Waals surface area contributed by atoms with E-state index in [0.717, 1.165) is 28.0 Å². The molecule has 1 atom stereocenters.